The standard InChI is InChI=1S/C14H20N2OS/c1-14(2,3)10-16(4)13(17)12-11(6-5-8-15)7-9-18-12/h7,9H,8,10,15H2,1-4H3. The molecule has 1 rings (SSSR count). The van der Waals surface area contributed by atoms with Gasteiger partial charge in [0.15, 0.2) is 0 Å². The average Bonchev–Trinajstić information content (AvgIpc) is 2.70. The summed E-state index contributed by atoms with van der Waals surface area (Å²) in [5.74, 6) is 5.76. The Kier molecular flexibility index (Phi) is 4.94. The number of carbonyl (C=O) groups is 1. The number of nitrogens with zero attached hydrogens (tertiary/aromatic N) is 1. The minimum absolute atomic E-state index is 0.0289. The summed E-state index contributed by atoms with van der Waals surface area (Å²) in [6.45, 7) is 7.36. The summed E-state index contributed by atoms with van der Waals surface area (Å²) in [7, 11) is 1.83. The van der Waals surface area contributed by atoms with Crippen molar-refractivity contribution in [3.8, 4) is 11.8 Å². The van der Waals surface area contributed by atoms with E-state index < -0.39 is 0 Å². The molecule has 18 heavy (non-hydrogen) atoms. The maximum Gasteiger partial charge on any atom is 0.264 e. The summed E-state index contributed by atoms with van der Waals surface area (Å²) < 4.78 is 0. The maximum atomic E-state index is 12.3. The second-order valence-electron chi connectivity index (χ2n) is 5.39. The van der Waals surface area contributed by atoms with Gasteiger partial charge in [0.1, 0.15) is 4.88 Å². The van der Waals surface area contributed by atoms with Crippen molar-refractivity contribution < 1.29 is 4.79 Å². The summed E-state index contributed by atoms with van der Waals surface area (Å²) >= 11 is 1.43. The lowest BCUT2D eigenvalue weighted by molar-refractivity contribution is 0.0750. The molecule has 0 saturated carbocycles. The Morgan fingerprint density at radius 3 is 2.72 bits per heavy atom. The lowest BCUT2D eigenvalue weighted by atomic mass is 9.96. The third kappa shape index (κ3) is 4.17. The van der Waals surface area contributed by atoms with Crippen LogP contribution in [0, 0.1) is 17.3 Å². The van der Waals surface area contributed by atoms with E-state index >= 15 is 0 Å². The number of rotatable bonds is 2. The zero-order valence-corrected chi connectivity index (χ0v) is 12.2. The molecule has 0 atom stereocenters. The van der Waals surface area contributed by atoms with Gasteiger partial charge >= 0.3 is 0 Å². The van der Waals surface area contributed by atoms with Crippen molar-refractivity contribution in [3.05, 3.63) is 21.9 Å². The van der Waals surface area contributed by atoms with Gasteiger partial charge < -0.3 is 10.6 Å². The Balaban J connectivity index is 2.87. The van der Waals surface area contributed by atoms with Crippen LogP contribution in [-0.4, -0.2) is 30.9 Å². The zero-order valence-electron chi connectivity index (χ0n) is 11.4. The smallest absolute Gasteiger partial charge is 0.264 e. The van der Waals surface area contributed by atoms with Crippen LogP contribution in [0.15, 0.2) is 11.4 Å². The summed E-state index contributed by atoms with van der Waals surface area (Å²) in [6.07, 6.45) is 0. The summed E-state index contributed by atoms with van der Waals surface area (Å²) in [4.78, 5) is 14.8. The van der Waals surface area contributed by atoms with Crippen LogP contribution in [0.4, 0.5) is 0 Å². The quantitative estimate of drug-likeness (QED) is 0.832. The maximum absolute atomic E-state index is 12.3. The Labute approximate surface area is 113 Å². The molecule has 98 valence electrons. The van der Waals surface area contributed by atoms with Crippen LogP contribution in [-0.2, 0) is 0 Å². The van der Waals surface area contributed by atoms with Crippen LogP contribution < -0.4 is 5.73 Å². The molecule has 0 aliphatic carbocycles. The predicted octanol–water partition coefficient (Wildman–Crippen LogP) is 2.18. The fourth-order valence-electron chi connectivity index (χ4n) is 1.68. The summed E-state index contributed by atoms with van der Waals surface area (Å²) in [5.41, 5.74) is 6.21. The minimum atomic E-state index is 0.0289. The number of carbonyl (C=O) groups excluding carboxylic acids is 1. The highest BCUT2D eigenvalue weighted by Crippen LogP contribution is 2.20. The SMILES string of the molecule is CN(CC(C)(C)C)C(=O)c1sccc1C#CCN. The van der Waals surface area contributed by atoms with E-state index in [1.54, 1.807) is 4.90 Å². The number of amides is 1. The van der Waals surface area contributed by atoms with Crippen molar-refractivity contribution in [2.45, 2.75) is 20.8 Å². The normalized spacial score (nSPS) is 10.7. The van der Waals surface area contributed by atoms with Crippen molar-refractivity contribution in [1.29, 1.82) is 0 Å². The highest BCUT2D eigenvalue weighted by atomic mass is 32.1. The first-order valence-corrected chi connectivity index (χ1v) is 6.75. The summed E-state index contributed by atoms with van der Waals surface area (Å²) in [5, 5.41) is 1.89. The highest BCUT2D eigenvalue weighted by Gasteiger charge is 2.21. The van der Waals surface area contributed by atoms with Gasteiger partial charge in [0.2, 0.25) is 0 Å². The first kappa shape index (κ1) is 14.7. The summed E-state index contributed by atoms with van der Waals surface area (Å²) in [6, 6.07) is 1.87. The van der Waals surface area contributed by atoms with Crippen molar-refractivity contribution in [3.63, 3.8) is 0 Å². The molecule has 0 radical (unpaired) electrons. The van der Waals surface area contributed by atoms with Gasteiger partial charge in [0.25, 0.3) is 5.91 Å². The number of nitrogens with two attached hydrogens (primary N) is 1. The van der Waals surface area contributed by atoms with E-state index in [9.17, 15) is 4.79 Å². The minimum Gasteiger partial charge on any atom is -0.340 e. The third-order valence-electron chi connectivity index (χ3n) is 2.24. The molecule has 4 heteroatoms. The third-order valence-corrected chi connectivity index (χ3v) is 3.15. The van der Waals surface area contributed by atoms with Gasteiger partial charge in [-0.25, -0.2) is 0 Å². The Morgan fingerprint density at radius 2 is 2.17 bits per heavy atom. The molecule has 1 amide bonds. The van der Waals surface area contributed by atoms with Crippen molar-refractivity contribution in [2.24, 2.45) is 11.1 Å². The van der Waals surface area contributed by atoms with Gasteiger partial charge in [-0.3, -0.25) is 4.79 Å². The first-order valence-electron chi connectivity index (χ1n) is 5.87. The van der Waals surface area contributed by atoms with Crippen LogP contribution in [0.2, 0.25) is 0 Å². The van der Waals surface area contributed by atoms with E-state index in [-0.39, 0.29) is 11.3 Å². The largest absolute Gasteiger partial charge is 0.340 e. The lowest BCUT2D eigenvalue weighted by Gasteiger charge is -2.26. The first-order chi connectivity index (χ1) is 8.35. The molecule has 0 aromatic carbocycles. The van der Waals surface area contributed by atoms with Crippen LogP contribution in [0.3, 0.4) is 0 Å². The molecular weight excluding hydrogens is 244 g/mol. The Morgan fingerprint density at radius 1 is 1.50 bits per heavy atom. The Hall–Kier alpha value is -1.31. The molecule has 0 aliphatic heterocycles. The van der Waals surface area contributed by atoms with Gasteiger partial charge in [-0.1, -0.05) is 32.6 Å². The number of thiophene rings is 1. The van der Waals surface area contributed by atoms with Crippen LogP contribution in [0.5, 0.6) is 0 Å². The molecule has 1 aromatic rings. The fraction of sp³-hybridized carbons (Fsp3) is 0.500. The van der Waals surface area contributed by atoms with E-state index in [1.165, 1.54) is 11.3 Å². The predicted molar refractivity (Wildman–Crippen MR) is 76.7 cm³/mol. The molecule has 0 bridgehead atoms. The molecule has 0 saturated heterocycles. The molecule has 1 heterocycles. The molecule has 0 aliphatic rings. The van der Waals surface area contributed by atoms with Gasteiger partial charge in [0.05, 0.1) is 6.54 Å². The number of hydrogen-bond donors (Lipinski definition) is 1. The van der Waals surface area contributed by atoms with E-state index in [2.05, 4.69) is 32.6 Å². The fourth-order valence-corrected chi connectivity index (χ4v) is 2.52. The van der Waals surface area contributed by atoms with E-state index in [4.69, 9.17) is 5.73 Å². The molecule has 2 N–H and O–H groups in total. The van der Waals surface area contributed by atoms with Gasteiger partial charge in [0, 0.05) is 19.2 Å². The average molecular weight is 264 g/mol. The molecule has 3 nitrogen and oxygen atoms in total. The van der Waals surface area contributed by atoms with E-state index in [0.717, 1.165) is 5.56 Å². The van der Waals surface area contributed by atoms with Gasteiger partial charge in [-0.15, -0.1) is 11.3 Å². The molecule has 1 aromatic heterocycles. The Bertz CT molecular complexity index is 474. The monoisotopic (exact) mass is 264 g/mol. The van der Waals surface area contributed by atoms with Gasteiger partial charge in [-0.2, -0.15) is 0 Å². The van der Waals surface area contributed by atoms with Crippen LogP contribution >= 0.6 is 11.3 Å². The second kappa shape index (κ2) is 6.03. The van der Waals surface area contributed by atoms with Crippen LogP contribution in [0.25, 0.3) is 0 Å². The van der Waals surface area contributed by atoms with Crippen molar-refractivity contribution in [1.82, 2.24) is 4.90 Å². The van der Waals surface area contributed by atoms with Crippen molar-refractivity contribution >= 4 is 17.2 Å². The molecule has 0 spiro atoms. The van der Waals surface area contributed by atoms with Crippen molar-refractivity contribution in [2.75, 3.05) is 20.1 Å². The lowest BCUT2D eigenvalue weighted by Crippen LogP contribution is -2.34. The zero-order chi connectivity index (χ0) is 13.8. The molecular formula is C14H20N2OS. The molecule has 0 unspecified atom stereocenters. The van der Waals surface area contributed by atoms with Gasteiger partial charge in [-0.05, 0) is 16.9 Å². The highest BCUT2D eigenvalue weighted by molar-refractivity contribution is 7.12. The van der Waals surface area contributed by atoms with E-state index in [0.29, 0.717) is 18.0 Å². The van der Waals surface area contributed by atoms with Crippen LogP contribution in [0.1, 0.15) is 36.0 Å². The van der Waals surface area contributed by atoms with E-state index in [1.807, 2.05) is 18.5 Å². The second-order valence-corrected chi connectivity index (χ2v) is 6.31. The molecule has 0 fully saturated rings. The topological polar surface area (TPSA) is 46.3 Å². The number of hydrogen-bond acceptors (Lipinski definition) is 3.